The number of piperazine rings is 1. The van der Waals surface area contributed by atoms with Gasteiger partial charge >= 0.3 is 0 Å². The van der Waals surface area contributed by atoms with Gasteiger partial charge in [-0.15, -0.1) is 0 Å². The zero-order valence-electron chi connectivity index (χ0n) is 16.7. The summed E-state index contributed by atoms with van der Waals surface area (Å²) in [4.78, 5) is 26.6. The third kappa shape index (κ3) is 3.84. The SMILES string of the molecule is CC(=O)c1ccc(S(=O)(=O)N2CCN(C(=O)C3(c4ccc(Br)cc4)CC3)CC2)cc1. The standard InChI is InChI=1S/C22H23BrN2O4S/c1-16(26)17-2-8-20(9-3-17)30(28,29)25-14-12-24(13-15-25)21(27)22(10-11-22)18-4-6-19(23)7-5-18/h2-9H,10-15H2,1H3. The van der Waals surface area contributed by atoms with E-state index in [9.17, 15) is 18.0 Å². The Morgan fingerprint density at radius 1 is 0.900 bits per heavy atom. The fourth-order valence-electron chi connectivity index (χ4n) is 3.96. The van der Waals surface area contributed by atoms with Crippen molar-refractivity contribution in [3.63, 3.8) is 0 Å². The van der Waals surface area contributed by atoms with Crippen LogP contribution in [0.15, 0.2) is 57.9 Å². The minimum Gasteiger partial charge on any atom is -0.339 e. The maximum Gasteiger partial charge on any atom is 0.243 e. The van der Waals surface area contributed by atoms with Gasteiger partial charge in [0.1, 0.15) is 0 Å². The summed E-state index contributed by atoms with van der Waals surface area (Å²) in [5.74, 6) is -0.0152. The maximum absolute atomic E-state index is 13.2. The number of benzene rings is 2. The lowest BCUT2D eigenvalue weighted by Gasteiger charge is -2.36. The number of hydrogen-bond acceptors (Lipinski definition) is 4. The number of Topliss-reactive ketones (excluding diaryl/α,β-unsaturated/α-hetero) is 1. The van der Waals surface area contributed by atoms with E-state index in [1.54, 1.807) is 4.90 Å². The number of nitrogens with zero attached hydrogens (tertiary/aromatic N) is 2. The molecule has 1 aliphatic carbocycles. The Balaban J connectivity index is 1.44. The monoisotopic (exact) mass is 490 g/mol. The molecular weight excluding hydrogens is 468 g/mol. The fraction of sp³-hybridized carbons (Fsp3) is 0.364. The van der Waals surface area contributed by atoms with Crippen LogP contribution in [0.2, 0.25) is 0 Å². The van der Waals surface area contributed by atoms with E-state index in [0.717, 1.165) is 22.9 Å². The molecule has 1 aliphatic heterocycles. The van der Waals surface area contributed by atoms with E-state index in [2.05, 4.69) is 15.9 Å². The van der Waals surface area contributed by atoms with Crippen LogP contribution in [0.4, 0.5) is 0 Å². The molecule has 6 nitrogen and oxygen atoms in total. The highest BCUT2D eigenvalue weighted by Gasteiger charge is 2.53. The smallest absolute Gasteiger partial charge is 0.243 e. The summed E-state index contributed by atoms with van der Waals surface area (Å²) in [6, 6.07) is 13.9. The summed E-state index contributed by atoms with van der Waals surface area (Å²) in [6.07, 6.45) is 1.66. The van der Waals surface area contributed by atoms with E-state index in [-0.39, 0.29) is 29.7 Å². The molecule has 1 saturated carbocycles. The molecule has 0 atom stereocenters. The van der Waals surface area contributed by atoms with Crippen molar-refractivity contribution < 1.29 is 18.0 Å². The average Bonchev–Trinajstić information content (AvgIpc) is 3.56. The van der Waals surface area contributed by atoms with Crippen molar-refractivity contribution in [2.75, 3.05) is 26.2 Å². The summed E-state index contributed by atoms with van der Waals surface area (Å²) in [6.45, 7) is 2.72. The molecular formula is C22H23BrN2O4S. The first kappa shape index (κ1) is 21.2. The van der Waals surface area contributed by atoms with E-state index in [1.165, 1.54) is 35.5 Å². The molecule has 0 aromatic heterocycles. The molecule has 0 unspecified atom stereocenters. The van der Waals surface area contributed by atoms with Gasteiger partial charge in [-0.25, -0.2) is 8.42 Å². The number of halogens is 1. The topological polar surface area (TPSA) is 74.8 Å². The molecule has 1 amide bonds. The van der Waals surface area contributed by atoms with Gasteiger partial charge in [0.05, 0.1) is 10.3 Å². The van der Waals surface area contributed by atoms with Crippen molar-refractivity contribution in [3.05, 3.63) is 64.1 Å². The zero-order valence-corrected chi connectivity index (χ0v) is 19.1. The largest absolute Gasteiger partial charge is 0.339 e. The summed E-state index contributed by atoms with van der Waals surface area (Å²) >= 11 is 3.43. The highest BCUT2D eigenvalue weighted by molar-refractivity contribution is 9.10. The lowest BCUT2D eigenvalue weighted by molar-refractivity contribution is -0.135. The Bertz CT molecular complexity index is 1070. The molecule has 30 heavy (non-hydrogen) atoms. The minimum absolute atomic E-state index is 0.0904. The summed E-state index contributed by atoms with van der Waals surface area (Å²) in [5, 5.41) is 0. The van der Waals surface area contributed by atoms with E-state index in [1.807, 2.05) is 24.3 Å². The van der Waals surface area contributed by atoms with Gasteiger partial charge in [0, 0.05) is 36.2 Å². The number of carbonyl (C=O) groups is 2. The Labute approximate surface area is 185 Å². The quantitative estimate of drug-likeness (QED) is 0.603. The Morgan fingerprint density at radius 3 is 1.97 bits per heavy atom. The molecule has 2 aliphatic rings. The van der Waals surface area contributed by atoms with Crippen LogP contribution in [-0.4, -0.2) is 55.5 Å². The lowest BCUT2D eigenvalue weighted by atomic mass is 9.94. The van der Waals surface area contributed by atoms with E-state index in [0.29, 0.717) is 18.7 Å². The predicted octanol–water partition coefficient (Wildman–Crippen LogP) is 3.22. The average molecular weight is 491 g/mol. The van der Waals surface area contributed by atoms with E-state index in [4.69, 9.17) is 0 Å². The Kier molecular flexibility index (Phi) is 5.59. The van der Waals surface area contributed by atoms with Gasteiger partial charge in [0.15, 0.2) is 5.78 Å². The van der Waals surface area contributed by atoms with Crippen LogP contribution in [0.25, 0.3) is 0 Å². The first-order chi connectivity index (χ1) is 14.2. The number of ketones is 1. The molecule has 2 aromatic rings. The van der Waals surface area contributed by atoms with Crippen LogP contribution in [0.5, 0.6) is 0 Å². The fourth-order valence-corrected chi connectivity index (χ4v) is 5.65. The van der Waals surface area contributed by atoms with Crippen LogP contribution in [-0.2, 0) is 20.2 Å². The highest BCUT2D eigenvalue weighted by atomic mass is 79.9. The Hall–Kier alpha value is -2.03. The summed E-state index contributed by atoms with van der Waals surface area (Å²) in [7, 11) is -3.65. The molecule has 0 spiro atoms. The molecule has 2 fully saturated rings. The van der Waals surface area contributed by atoms with Crippen molar-refractivity contribution in [1.29, 1.82) is 0 Å². The second kappa shape index (κ2) is 7.90. The molecule has 8 heteroatoms. The van der Waals surface area contributed by atoms with Gasteiger partial charge in [0.25, 0.3) is 0 Å². The number of carbonyl (C=O) groups excluding carboxylic acids is 2. The van der Waals surface area contributed by atoms with Gasteiger partial charge in [0.2, 0.25) is 15.9 Å². The summed E-state index contributed by atoms with van der Waals surface area (Å²) in [5.41, 5.74) is 1.05. The van der Waals surface area contributed by atoms with Crippen molar-refractivity contribution >= 4 is 37.6 Å². The first-order valence-corrected chi connectivity index (χ1v) is 12.1. The van der Waals surface area contributed by atoms with Gasteiger partial charge < -0.3 is 4.90 Å². The van der Waals surface area contributed by atoms with Crippen LogP contribution in [0.1, 0.15) is 35.7 Å². The third-order valence-electron chi connectivity index (χ3n) is 5.98. The predicted molar refractivity (Wildman–Crippen MR) is 117 cm³/mol. The molecule has 0 radical (unpaired) electrons. The van der Waals surface area contributed by atoms with Crippen molar-refractivity contribution in [2.24, 2.45) is 0 Å². The number of hydrogen-bond donors (Lipinski definition) is 0. The van der Waals surface area contributed by atoms with E-state index >= 15 is 0 Å². The lowest BCUT2D eigenvalue weighted by Crippen LogP contribution is -2.52. The molecule has 0 bridgehead atoms. The zero-order chi connectivity index (χ0) is 21.5. The molecule has 158 valence electrons. The second-order valence-electron chi connectivity index (χ2n) is 7.87. The van der Waals surface area contributed by atoms with Crippen molar-refractivity contribution in [3.8, 4) is 0 Å². The van der Waals surface area contributed by atoms with Gasteiger partial charge in [-0.1, -0.05) is 40.2 Å². The molecule has 1 heterocycles. The van der Waals surface area contributed by atoms with E-state index < -0.39 is 15.4 Å². The normalized spacial score (nSPS) is 18.8. The van der Waals surface area contributed by atoms with Crippen LogP contribution >= 0.6 is 15.9 Å². The van der Waals surface area contributed by atoms with Crippen LogP contribution in [0.3, 0.4) is 0 Å². The van der Waals surface area contributed by atoms with Gasteiger partial charge in [-0.05, 0) is 49.6 Å². The van der Waals surface area contributed by atoms with Gasteiger partial charge in [-0.2, -0.15) is 4.31 Å². The minimum atomic E-state index is -3.65. The van der Waals surface area contributed by atoms with Gasteiger partial charge in [-0.3, -0.25) is 9.59 Å². The Morgan fingerprint density at radius 2 is 1.47 bits per heavy atom. The number of amides is 1. The molecule has 0 N–H and O–H groups in total. The molecule has 2 aromatic carbocycles. The third-order valence-corrected chi connectivity index (χ3v) is 8.42. The number of sulfonamides is 1. The maximum atomic E-state index is 13.2. The van der Waals surface area contributed by atoms with Crippen molar-refractivity contribution in [1.82, 2.24) is 9.21 Å². The second-order valence-corrected chi connectivity index (χ2v) is 10.7. The molecule has 1 saturated heterocycles. The van der Waals surface area contributed by atoms with Crippen LogP contribution in [0, 0.1) is 0 Å². The number of rotatable bonds is 5. The highest BCUT2D eigenvalue weighted by Crippen LogP contribution is 2.50. The summed E-state index contributed by atoms with van der Waals surface area (Å²) < 4.78 is 28.3. The van der Waals surface area contributed by atoms with Crippen molar-refractivity contribution in [2.45, 2.75) is 30.1 Å². The molecule has 4 rings (SSSR count). The van der Waals surface area contributed by atoms with Crippen LogP contribution < -0.4 is 0 Å². The first-order valence-electron chi connectivity index (χ1n) is 9.91.